The Labute approximate surface area is 135 Å². The molecule has 0 aromatic rings. The van der Waals surface area contributed by atoms with Gasteiger partial charge in [-0.2, -0.15) is 0 Å². The quantitative estimate of drug-likeness (QED) is 0.523. The molecule has 1 heteroatoms. The van der Waals surface area contributed by atoms with Gasteiger partial charge in [0.1, 0.15) is 0 Å². The fourth-order valence-electron chi connectivity index (χ4n) is 4.75. The van der Waals surface area contributed by atoms with E-state index in [1.807, 2.05) is 0 Å². The maximum absolute atomic E-state index is 2.58. The van der Waals surface area contributed by atoms with Crippen LogP contribution in [-0.4, -0.2) is 8.07 Å². The molecule has 4 rings (SSSR count). The van der Waals surface area contributed by atoms with Gasteiger partial charge >= 0.3 is 0 Å². The topological polar surface area (TPSA) is 0 Å². The second-order valence-corrected chi connectivity index (χ2v) is 14.0. The van der Waals surface area contributed by atoms with Crippen molar-refractivity contribution in [3.8, 4) is 0 Å². The molecule has 0 heterocycles. The van der Waals surface area contributed by atoms with Gasteiger partial charge in [-0.1, -0.05) is 82.1 Å². The van der Waals surface area contributed by atoms with Gasteiger partial charge < -0.3 is 0 Å². The van der Waals surface area contributed by atoms with Gasteiger partial charge in [-0.15, -0.1) is 0 Å². The molecule has 0 saturated heterocycles. The summed E-state index contributed by atoms with van der Waals surface area (Å²) in [5.41, 5.74) is 6.94. The van der Waals surface area contributed by atoms with E-state index in [0.717, 1.165) is 6.42 Å². The van der Waals surface area contributed by atoms with Crippen molar-refractivity contribution in [3.63, 3.8) is 0 Å². The predicted molar refractivity (Wildman–Crippen MR) is 98.5 cm³/mol. The SMILES string of the molecule is CC12C3=CCC=C1C=CC1=CC([Si](C)(C)C)C=C(C=C3)C12C. The van der Waals surface area contributed by atoms with Crippen LogP contribution in [0.4, 0.5) is 0 Å². The fraction of sp³-hybridized carbons (Fsp3) is 0.429. The lowest BCUT2D eigenvalue weighted by Crippen LogP contribution is -2.48. The first kappa shape index (κ1) is 14.3. The molecule has 0 amide bonds. The number of hydrogen-bond donors (Lipinski definition) is 0. The van der Waals surface area contributed by atoms with E-state index in [-0.39, 0.29) is 10.8 Å². The van der Waals surface area contributed by atoms with Crippen LogP contribution in [0.25, 0.3) is 0 Å². The molecule has 114 valence electrons. The Hall–Kier alpha value is -1.34. The standard InChI is InChI=1S/C21H26Si/c1-20-15-7-6-8-16(20)10-12-18-14-19(22(3,4)5)13-17(11-9-15)21(18,20)2/h7-14,19H,6H2,1-5H3. The summed E-state index contributed by atoms with van der Waals surface area (Å²) in [4.78, 5) is 0. The molecule has 0 unspecified atom stereocenters. The molecule has 0 N–H and O–H groups in total. The summed E-state index contributed by atoms with van der Waals surface area (Å²) in [6.45, 7) is 12.4. The lowest BCUT2D eigenvalue weighted by Gasteiger charge is -2.57. The van der Waals surface area contributed by atoms with E-state index >= 15 is 0 Å². The molecule has 0 radical (unpaired) electrons. The summed E-state index contributed by atoms with van der Waals surface area (Å²) in [6, 6.07) is 0. The monoisotopic (exact) mass is 306 g/mol. The zero-order valence-corrected chi connectivity index (χ0v) is 15.4. The van der Waals surface area contributed by atoms with E-state index < -0.39 is 8.07 Å². The molecule has 0 nitrogen and oxygen atoms in total. The van der Waals surface area contributed by atoms with Gasteiger partial charge in [0.2, 0.25) is 0 Å². The van der Waals surface area contributed by atoms with Crippen molar-refractivity contribution in [2.45, 2.75) is 45.5 Å². The van der Waals surface area contributed by atoms with E-state index in [1.165, 1.54) is 22.3 Å². The largest absolute Gasteiger partial charge is 0.0766 e. The maximum atomic E-state index is 2.58. The number of rotatable bonds is 1. The minimum absolute atomic E-state index is 0.102. The van der Waals surface area contributed by atoms with Crippen LogP contribution in [0.15, 0.2) is 70.9 Å². The van der Waals surface area contributed by atoms with Gasteiger partial charge in [-0.25, -0.2) is 0 Å². The average Bonchev–Trinajstić information content (AvgIpc) is 2.44. The highest BCUT2D eigenvalue weighted by Crippen LogP contribution is 2.66. The van der Waals surface area contributed by atoms with Crippen LogP contribution in [0.3, 0.4) is 0 Å². The lowest BCUT2D eigenvalue weighted by molar-refractivity contribution is 0.243. The smallest absolute Gasteiger partial charge is 0.0558 e. The van der Waals surface area contributed by atoms with Crippen LogP contribution in [0.1, 0.15) is 20.3 Å². The van der Waals surface area contributed by atoms with Crippen LogP contribution in [0.5, 0.6) is 0 Å². The van der Waals surface area contributed by atoms with Crippen molar-refractivity contribution >= 4 is 8.07 Å². The van der Waals surface area contributed by atoms with Crippen LogP contribution in [0, 0.1) is 10.8 Å². The average molecular weight is 307 g/mol. The number of hydrogen-bond acceptors (Lipinski definition) is 0. The molecule has 4 aliphatic rings. The Kier molecular flexibility index (Phi) is 2.68. The van der Waals surface area contributed by atoms with Gasteiger partial charge in [0.15, 0.2) is 0 Å². The first-order chi connectivity index (χ1) is 10.3. The second kappa shape index (κ2) is 4.14. The zero-order chi connectivity index (χ0) is 15.8. The Morgan fingerprint density at radius 3 is 1.64 bits per heavy atom. The molecule has 0 bridgehead atoms. The van der Waals surface area contributed by atoms with Crippen molar-refractivity contribution in [3.05, 3.63) is 70.9 Å². The first-order valence-electron chi connectivity index (χ1n) is 8.50. The van der Waals surface area contributed by atoms with E-state index in [9.17, 15) is 0 Å². The third-order valence-electron chi connectivity index (χ3n) is 6.59. The van der Waals surface area contributed by atoms with Crippen LogP contribution < -0.4 is 0 Å². The highest BCUT2D eigenvalue weighted by atomic mass is 28.3. The summed E-state index contributed by atoms with van der Waals surface area (Å²) in [6.07, 6.45) is 20.6. The van der Waals surface area contributed by atoms with Gasteiger partial charge in [0, 0.05) is 10.8 Å². The Morgan fingerprint density at radius 1 is 0.773 bits per heavy atom. The van der Waals surface area contributed by atoms with Gasteiger partial charge in [0.05, 0.1) is 8.07 Å². The molecule has 0 atom stereocenters. The molecule has 0 fully saturated rings. The molecule has 0 aliphatic heterocycles. The van der Waals surface area contributed by atoms with E-state index in [2.05, 4.69) is 82.1 Å². The summed E-state index contributed by atoms with van der Waals surface area (Å²) in [5, 5.41) is 0. The maximum Gasteiger partial charge on any atom is 0.0558 e. The molecule has 0 aromatic carbocycles. The minimum Gasteiger partial charge on any atom is -0.0766 e. The van der Waals surface area contributed by atoms with Crippen molar-refractivity contribution < 1.29 is 0 Å². The summed E-state index contributed by atoms with van der Waals surface area (Å²) in [5.74, 6) is 0. The van der Waals surface area contributed by atoms with Crippen molar-refractivity contribution in [1.29, 1.82) is 0 Å². The molecule has 4 aliphatic carbocycles. The summed E-state index contributed by atoms with van der Waals surface area (Å²) < 4.78 is 0. The van der Waals surface area contributed by atoms with Crippen molar-refractivity contribution in [1.82, 2.24) is 0 Å². The fourth-order valence-corrected chi connectivity index (χ4v) is 6.11. The van der Waals surface area contributed by atoms with Gasteiger partial charge in [-0.3, -0.25) is 0 Å². The third-order valence-corrected chi connectivity index (χ3v) is 8.92. The highest BCUT2D eigenvalue weighted by Gasteiger charge is 2.56. The van der Waals surface area contributed by atoms with E-state index in [4.69, 9.17) is 0 Å². The van der Waals surface area contributed by atoms with Crippen molar-refractivity contribution in [2.24, 2.45) is 10.8 Å². The Bertz CT molecular complexity index is 680. The van der Waals surface area contributed by atoms with Crippen LogP contribution in [-0.2, 0) is 0 Å². The van der Waals surface area contributed by atoms with Crippen LogP contribution in [0.2, 0.25) is 25.2 Å². The van der Waals surface area contributed by atoms with Gasteiger partial charge in [-0.05, 0) is 34.3 Å². The highest BCUT2D eigenvalue weighted by molar-refractivity contribution is 6.78. The summed E-state index contributed by atoms with van der Waals surface area (Å²) in [7, 11) is -1.22. The lowest BCUT2D eigenvalue weighted by atomic mass is 9.46. The predicted octanol–water partition coefficient (Wildman–Crippen LogP) is 5.97. The Morgan fingerprint density at radius 2 is 1.18 bits per heavy atom. The Balaban J connectivity index is 2.01. The van der Waals surface area contributed by atoms with Crippen molar-refractivity contribution in [2.75, 3.05) is 0 Å². The molecule has 22 heavy (non-hydrogen) atoms. The number of allylic oxidation sites excluding steroid dienone is 12. The van der Waals surface area contributed by atoms with E-state index in [0.29, 0.717) is 5.54 Å². The van der Waals surface area contributed by atoms with Gasteiger partial charge in [0.25, 0.3) is 0 Å². The van der Waals surface area contributed by atoms with E-state index in [1.54, 1.807) is 0 Å². The first-order valence-corrected chi connectivity index (χ1v) is 12.1. The normalized spacial score (nSPS) is 38.7. The minimum atomic E-state index is -1.22. The molecule has 0 spiro atoms. The molecule has 0 aromatic heterocycles. The zero-order valence-electron chi connectivity index (χ0n) is 14.4. The summed E-state index contributed by atoms with van der Waals surface area (Å²) >= 11 is 0. The molecule has 0 saturated carbocycles. The van der Waals surface area contributed by atoms with Crippen LogP contribution >= 0.6 is 0 Å². The molecular weight excluding hydrogens is 280 g/mol. The second-order valence-electron chi connectivity index (χ2n) is 8.61. The third kappa shape index (κ3) is 1.53. The molecular formula is C21H26Si.